The number of hydrogen-bond acceptors (Lipinski definition) is 3. The monoisotopic (exact) mass is 327 g/mol. The lowest BCUT2D eigenvalue weighted by atomic mass is 9.86. The molecule has 1 fully saturated rings. The molecule has 0 atom stereocenters. The van der Waals surface area contributed by atoms with Crippen LogP contribution in [0.4, 0.5) is 4.79 Å². The van der Waals surface area contributed by atoms with Crippen LogP contribution in [0.25, 0.3) is 0 Å². The summed E-state index contributed by atoms with van der Waals surface area (Å²) in [4.78, 5) is 36.2. The number of aliphatic carboxylic acids is 1. The number of carboxylic acids is 1. The van der Waals surface area contributed by atoms with Crippen LogP contribution >= 0.6 is 0 Å². The average molecular weight is 327 g/mol. The fourth-order valence-electron chi connectivity index (χ4n) is 2.90. The van der Waals surface area contributed by atoms with Crippen LogP contribution in [0.15, 0.2) is 0 Å². The molecule has 7 nitrogen and oxygen atoms in total. The highest BCUT2D eigenvalue weighted by Gasteiger charge is 2.26. The van der Waals surface area contributed by atoms with Gasteiger partial charge in [-0.25, -0.2) is 4.79 Å². The molecule has 3 N–H and O–H groups in total. The number of carbonyl (C=O) groups is 3. The van der Waals surface area contributed by atoms with Crippen molar-refractivity contribution in [1.29, 1.82) is 0 Å². The summed E-state index contributed by atoms with van der Waals surface area (Å²) in [6.07, 6.45) is 3.67. The number of nitrogens with one attached hydrogen (secondary N) is 2. The third kappa shape index (κ3) is 6.88. The topological polar surface area (TPSA) is 98.7 Å². The van der Waals surface area contributed by atoms with E-state index in [1.807, 2.05) is 13.8 Å². The molecular weight excluding hydrogens is 298 g/mol. The van der Waals surface area contributed by atoms with Gasteiger partial charge in [-0.2, -0.15) is 0 Å². The Bertz CT molecular complexity index is 402. The molecule has 23 heavy (non-hydrogen) atoms. The van der Waals surface area contributed by atoms with Gasteiger partial charge in [0.2, 0.25) is 5.91 Å². The number of amides is 3. The molecule has 0 heterocycles. The van der Waals surface area contributed by atoms with Crippen molar-refractivity contribution in [2.75, 3.05) is 19.6 Å². The normalized spacial score (nSPS) is 20.6. The molecule has 1 saturated carbocycles. The van der Waals surface area contributed by atoms with Crippen molar-refractivity contribution in [2.24, 2.45) is 5.92 Å². The molecule has 0 saturated heterocycles. The standard InChI is InChI=1S/C16H29N3O4/c1-3-19(4-2)14(20)6-5-11-17-16(23)18-13-9-7-12(8-10-13)15(21)22/h12-13H,3-11H2,1-2H3,(H,21,22)(H2,17,18,23). The second-order valence-corrected chi connectivity index (χ2v) is 5.96. The summed E-state index contributed by atoms with van der Waals surface area (Å²) in [6, 6.07) is -0.193. The van der Waals surface area contributed by atoms with Gasteiger partial charge in [0.15, 0.2) is 0 Å². The van der Waals surface area contributed by atoms with Crippen molar-refractivity contribution in [3.63, 3.8) is 0 Å². The third-order valence-corrected chi connectivity index (χ3v) is 4.38. The van der Waals surface area contributed by atoms with Gasteiger partial charge in [0, 0.05) is 32.1 Å². The predicted molar refractivity (Wildman–Crippen MR) is 87.1 cm³/mol. The fourth-order valence-corrected chi connectivity index (χ4v) is 2.90. The summed E-state index contributed by atoms with van der Waals surface area (Å²) in [6.45, 7) is 5.78. The van der Waals surface area contributed by atoms with E-state index in [0.717, 1.165) is 0 Å². The Morgan fingerprint density at radius 2 is 1.70 bits per heavy atom. The summed E-state index contributed by atoms with van der Waals surface area (Å²) in [5.74, 6) is -0.905. The molecule has 0 aromatic rings. The molecule has 7 heteroatoms. The number of carboxylic acid groups (broad SMARTS) is 1. The maximum atomic E-state index is 11.8. The van der Waals surface area contributed by atoms with E-state index in [2.05, 4.69) is 10.6 Å². The van der Waals surface area contributed by atoms with Gasteiger partial charge in [-0.15, -0.1) is 0 Å². The first kappa shape index (κ1) is 19.3. The molecular formula is C16H29N3O4. The smallest absolute Gasteiger partial charge is 0.315 e. The molecule has 0 bridgehead atoms. The lowest BCUT2D eigenvalue weighted by molar-refractivity contribution is -0.142. The molecule has 0 aliphatic heterocycles. The van der Waals surface area contributed by atoms with Crippen LogP contribution in [0.5, 0.6) is 0 Å². The summed E-state index contributed by atoms with van der Waals surface area (Å²) < 4.78 is 0. The van der Waals surface area contributed by atoms with Gasteiger partial charge in [-0.05, 0) is 46.0 Å². The third-order valence-electron chi connectivity index (χ3n) is 4.38. The van der Waals surface area contributed by atoms with E-state index >= 15 is 0 Å². The quantitative estimate of drug-likeness (QED) is 0.589. The van der Waals surface area contributed by atoms with Gasteiger partial charge in [0.25, 0.3) is 0 Å². The number of hydrogen-bond donors (Lipinski definition) is 3. The highest BCUT2D eigenvalue weighted by atomic mass is 16.4. The lowest BCUT2D eigenvalue weighted by Gasteiger charge is -2.26. The number of rotatable bonds is 8. The van der Waals surface area contributed by atoms with Crippen molar-refractivity contribution < 1.29 is 19.5 Å². The Labute approximate surface area is 137 Å². The maximum absolute atomic E-state index is 11.8. The number of nitrogens with zero attached hydrogens (tertiary/aromatic N) is 1. The minimum Gasteiger partial charge on any atom is -0.481 e. The average Bonchev–Trinajstić information content (AvgIpc) is 2.53. The van der Waals surface area contributed by atoms with E-state index in [9.17, 15) is 14.4 Å². The van der Waals surface area contributed by atoms with Crippen molar-refractivity contribution in [3.05, 3.63) is 0 Å². The molecule has 1 rings (SSSR count). The van der Waals surface area contributed by atoms with Crippen molar-refractivity contribution in [3.8, 4) is 0 Å². The largest absolute Gasteiger partial charge is 0.481 e. The molecule has 0 aromatic carbocycles. The van der Waals surface area contributed by atoms with Gasteiger partial charge in [0.1, 0.15) is 0 Å². The van der Waals surface area contributed by atoms with Crippen LogP contribution in [0.3, 0.4) is 0 Å². The minimum atomic E-state index is -0.745. The van der Waals surface area contributed by atoms with Crippen LogP contribution in [0.1, 0.15) is 52.4 Å². The molecule has 0 radical (unpaired) electrons. The summed E-state index contributed by atoms with van der Waals surface area (Å²) in [5, 5.41) is 14.6. The Morgan fingerprint density at radius 1 is 1.09 bits per heavy atom. The van der Waals surface area contributed by atoms with E-state index in [-0.39, 0.29) is 23.9 Å². The fraction of sp³-hybridized carbons (Fsp3) is 0.812. The van der Waals surface area contributed by atoms with Gasteiger partial charge in [-0.1, -0.05) is 0 Å². The first-order valence-corrected chi connectivity index (χ1v) is 8.52. The van der Waals surface area contributed by atoms with Crippen LogP contribution in [-0.2, 0) is 9.59 Å². The number of carbonyl (C=O) groups excluding carboxylic acids is 2. The molecule has 0 aromatic heterocycles. The van der Waals surface area contributed by atoms with E-state index < -0.39 is 5.97 Å². The van der Waals surface area contributed by atoms with Gasteiger partial charge >= 0.3 is 12.0 Å². The zero-order valence-electron chi connectivity index (χ0n) is 14.1. The van der Waals surface area contributed by atoms with Crippen molar-refractivity contribution in [1.82, 2.24) is 15.5 Å². The molecule has 132 valence electrons. The summed E-state index contributed by atoms with van der Waals surface area (Å²) in [7, 11) is 0. The van der Waals surface area contributed by atoms with Gasteiger partial charge in [-0.3, -0.25) is 9.59 Å². The van der Waals surface area contributed by atoms with E-state index in [1.54, 1.807) is 4.90 Å². The van der Waals surface area contributed by atoms with Crippen molar-refractivity contribution in [2.45, 2.75) is 58.4 Å². The number of urea groups is 1. The Kier molecular flexibility index (Phi) is 8.43. The first-order valence-electron chi connectivity index (χ1n) is 8.52. The summed E-state index contributed by atoms with van der Waals surface area (Å²) >= 11 is 0. The Balaban J connectivity index is 2.13. The van der Waals surface area contributed by atoms with Crippen LogP contribution in [0.2, 0.25) is 0 Å². The Hall–Kier alpha value is -1.79. The SMILES string of the molecule is CCN(CC)C(=O)CCCNC(=O)NC1CCC(C(=O)O)CC1. The highest BCUT2D eigenvalue weighted by Crippen LogP contribution is 2.24. The predicted octanol–water partition coefficient (Wildman–Crippen LogP) is 1.58. The zero-order chi connectivity index (χ0) is 17.2. The first-order chi connectivity index (χ1) is 11.0. The van der Waals surface area contributed by atoms with Crippen LogP contribution < -0.4 is 10.6 Å². The zero-order valence-corrected chi connectivity index (χ0v) is 14.1. The Morgan fingerprint density at radius 3 is 2.22 bits per heavy atom. The molecule has 0 spiro atoms. The van der Waals surface area contributed by atoms with Crippen LogP contribution in [0, 0.1) is 5.92 Å². The summed E-state index contributed by atoms with van der Waals surface area (Å²) in [5.41, 5.74) is 0. The minimum absolute atomic E-state index is 0.0444. The second kappa shape index (κ2) is 10.1. The molecule has 3 amide bonds. The van der Waals surface area contributed by atoms with Crippen LogP contribution in [-0.4, -0.2) is 53.6 Å². The van der Waals surface area contributed by atoms with Gasteiger partial charge in [0.05, 0.1) is 5.92 Å². The van der Waals surface area contributed by atoms with E-state index in [1.165, 1.54) is 0 Å². The molecule has 1 aliphatic rings. The molecule has 1 aliphatic carbocycles. The molecule has 0 unspecified atom stereocenters. The highest BCUT2D eigenvalue weighted by molar-refractivity contribution is 5.76. The van der Waals surface area contributed by atoms with Crippen molar-refractivity contribution >= 4 is 17.9 Å². The maximum Gasteiger partial charge on any atom is 0.315 e. The van der Waals surface area contributed by atoms with E-state index in [0.29, 0.717) is 58.2 Å². The second-order valence-electron chi connectivity index (χ2n) is 5.96. The van der Waals surface area contributed by atoms with Gasteiger partial charge < -0.3 is 20.6 Å². The van der Waals surface area contributed by atoms with E-state index in [4.69, 9.17) is 5.11 Å². The lowest BCUT2D eigenvalue weighted by Crippen LogP contribution is -2.44.